The number of amides is 2. The van der Waals surface area contributed by atoms with E-state index in [2.05, 4.69) is 6.58 Å². The molecule has 1 saturated heterocycles. The van der Waals surface area contributed by atoms with Gasteiger partial charge in [-0.2, -0.15) is 0 Å². The molecule has 5 nitrogen and oxygen atoms in total. The van der Waals surface area contributed by atoms with Crippen molar-refractivity contribution < 1.29 is 23.8 Å². The quantitative estimate of drug-likeness (QED) is 0.772. The minimum absolute atomic E-state index is 0.0442. The van der Waals surface area contributed by atoms with Crippen molar-refractivity contribution in [3.05, 3.63) is 12.7 Å². The lowest BCUT2D eigenvalue weighted by Gasteiger charge is -2.30. The predicted molar refractivity (Wildman–Crippen MR) is 62.5 cm³/mol. The maximum absolute atomic E-state index is 14.2. The fourth-order valence-corrected chi connectivity index (χ4v) is 1.74. The van der Waals surface area contributed by atoms with Crippen LogP contribution in [0.4, 0.5) is 9.18 Å². The van der Waals surface area contributed by atoms with Crippen molar-refractivity contribution in [3.63, 3.8) is 0 Å². The van der Waals surface area contributed by atoms with Gasteiger partial charge in [0.15, 0.2) is 0 Å². The Labute approximate surface area is 105 Å². The van der Waals surface area contributed by atoms with Gasteiger partial charge >= 0.3 is 6.09 Å². The zero-order valence-electron chi connectivity index (χ0n) is 10.7. The molecule has 2 unspecified atom stereocenters. The maximum atomic E-state index is 14.2. The second kappa shape index (κ2) is 5.06. The van der Waals surface area contributed by atoms with Gasteiger partial charge in [0.2, 0.25) is 5.67 Å². The number of imide groups is 1. The second-order valence-electron chi connectivity index (χ2n) is 4.82. The summed E-state index contributed by atoms with van der Waals surface area (Å²) >= 11 is 0. The fraction of sp³-hybridized carbons (Fsp3) is 0.667. The molecule has 2 amide bonds. The Hall–Kier alpha value is -1.43. The second-order valence-corrected chi connectivity index (χ2v) is 4.82. The molecule has 0 spiro atoms. The first kappa shape index (κ1) is 14.6. The normalized spacial score (nSPS) is 24.7. The standard InChI is InChI=1S/C12H18FNO4/c1-5-9(15)12(4,13)10(16)14-8(7(2)3)6-18-11(14)17/h5,7-9,15H,1,6H2,2-4H3/t8?,9-,12?/m1/s1. The van der Waals surface area contributed by atoms with Gasteiger partial charge in [0.25, 0.3) is 5.91 Å². The minimum Gasteiger partial charge on any atom is -0.447 e. The summed E-state index contributed by atoms with van der Waals surface area (Å²) in [7, 11) is 0. The van der Waals surface area contributed by atoms with Gasteiger partial charge in [-0.3, -0.25) is 4.79 Å². The lowest BCUT2D eigenvalue weighted by atomic mass is 9.97. The summed E-state index contributed by atoms with van der Waals surface area (Å²) in [4.78, 5) is 24.3. The van der Waals surface area contributed by atoms with Crippen molar-refractivity contribution in [1.82, 2.24) is 4.90 Å². The third kappa shape index (κ3) is 2.38. The molecule has 1 aliphatic rings. The molecular weight excluding hydrogens is 241 g/mol. The molecule has 3 atom stereocenters. The van der Waals surface area contributed by atoms with Crippen molar-refractivity contribution in [3.8, 4) is 0 Å². The van der Waals surface area contributed by atoms with Crippen LogP contribution in [0.1, 0.15) is 20.8 Å². The van der Waals surface area contributed by atoms with Gasteiger partial charge in [0.1, 0.15) is 12.7 Å². The van der Waals surface area contributed by atoms with E-state index in [1.54, 1.807) is 13.8 Å². The molecule has 0 aromatic rings. The van der Waals surface area contributed by atoms with Crippen molar-refractivity contribution in [1.29, 1.82) is 0 Å². The Morgan fingerprint density at radius 1 is 1.72 bits per heavy atom. The van der Waals surface area contributed by atoms with E-state index in [-0.39, 0.29) is 12.5 Å². The van der Waals surface area contributed by atoms with Crippen LogP contribution in [0.15, 0.2) is 12.7 Å². The summed E-state index contributed by atoms with van der Waals surface area (Å²) < 4.78 is 19.0. The summed E-state index contributed by atoms with van der Waals surface area (Å²) in [5.41, 5.74) is -2.60. The third-order valence-corrected chi connectivity index (χ3v) is 3.09. The van der Waals surface area contributed by atoms with Gasteiger partial charge in [-0.1, -0.05) is 19.9 Å². The number of alkyl halides is 1. The largest absolute Gasteiger partial charge is 0.447 e. The molecule has 0 aromatic carbocycles. The molecule has 1 rings (SSSR count). The first-order valence-corrected chi connectivity index (χ1v) is 5.73. The van der Waals surface area contributed by atoms with E-state index in [1.165, 1.54) is 0 Å². The van der Waals surface area contributed by atoms with Crippen molar-refractivity contribution in [2.24, 2.45) is 5.92 Å². The fourth-order valence-electron chi connectivity index (χ4n) is 1.74. The number of ether oxygens (including phenoxy) is 1. The van der Waals surface area contributed by atoms with Crippen molar-refractivity contribution in [2.45, 2.75) is 38.6 Å². The van der Waals surface area contributed by atoms with Crippen LogP contribution in [0.25, 0.3) is 0 Å². The van der Waals surface area contributed by atoms with Gasteiger partial charge in [0, 0.05) is 0 Å². The molecule has 1 fully saturated rings. The number of carbonyl (C=O) groups excluding carboxylic acids is 2. The van der Waals surface area contributed by atoms with Crippen LogP contribution in [0.5, 0.6) is 0 Å². The Kier molecular flexibility index (Phi) is 4.11. The lowest BCUT2D eigenvalue weighted by molar-refractivity contribution is -0.146. The monoisotopic (exact) mass is 259 g/mol. The number of hydrogen-bond donors (Lipinski definition) is 1. The van der Waals surface area contributed by atoms with Crippen LogP contribution in [0.3, 0.4) is 0 Å². The van der Waals surface area contributed by atoms with Gasteiger partial charge < -0.3 is 9.84 Å². The molecule has 1 aliphatic heterocycles. The molecule has 0 bridgehead atoms. The highest BCUT2D eigenvalue weighted by atomic mass is 19.1. The number of cyclic esters (lactones) is 1. The summed E-state index contributed by atoms with van der Waals surface area (Å²) in [6, 6.07) is -0.517. The summed E-state index contributed by atoms with van der Waals surface area (Å²) in [6.07, 6.45) is -1.63. The summed E-state index contributed by atoms with van der Waals surface area (Å²) in [6.45, 7) is 7.79. The highest BCUT2D eigenvalue weighted by molar-refractivity contribution is 5.98. The highest BCUT2D eigenvalue weighted by Gasteiger charge is 2.50. The topological polar surface area (TPSA) is 66.8 Å². The molecule has 0 aliphatic carbocycles. The molecule has 0 aromatic heterocycles. The van der Waals surface area contributed by atoms with Crippen LogP contribution in [-0.4, -0.2) is 46.4 Å². The van der Waals surface area contributed by atoms with E-state index in [0.29, 0.717) is 0 Å². The Morgan fingerprint density at radius 2 is 2.28 bits per heavy atom. The van der Waals surface area contributed by atoms with E-state index in [0.717, 1.165) is 17.9 Å². The third-order valence-electron chi connectivity index (χ3n) is 3.09. The van der Waals surface area contributed by atoms with Crippen LogP contribution in [0, 0.1) is 5.92 Å². The zero-order chi connectivity index (χ0) is 14.1. The van der Waals surface area contributed by atoms with E-state index in [1.807, 2.05) is 0 Å². The van der Waals surface area contributed by atoms with Gasteiger partial charge in [-0.25, -0.2) is 14.1 Å². The highest BCUT2D eigenvalue weighted by Crippen LogP contribution is 2.27. The number of nitrogens with zero attached hydrogens (tertiary/aromatic N) is 1. The summed E-state index contributed by atoms with van der Waals surface area (Å²) in [5.74, 6) is -1.16. The van der Waals surface area contributed by atoms with Crippen molar-refractivity contribution >= 4 is 12.0 Å². The molecule has 6 heteroatoms. The van der Waals surface area contributed by atoms with Gasteiger partial charge in [-0.05, 0) is 12.8 Å². The predicted octanol–water partition coefficient (Wildman–Crippen LogP) is 1.26. The summed E-state index contributed by atoms with van der Waals surface area (Å²) in [5, 5.41) is 9.43. The Morgan fingerprint density at radius 3 is 2.72 bits per heavy atom. The minimum atomic E-state index is -2.60. The Bertz CT molecular complexity index is 367. The number of carbonyl (C=O) groups is 2. The average molecular weight is 259 g/mol. The SMILES string of the molecule is C=C[C@@H](O)C(C)(F)C(=O)N1C(=O)OCC1C(C)C. The smallest absolute Gasteiger partial charge is 0.417 e. The van der Waals surface area contributed by atoms with E-state index in [4.69, 9.17) is 4.74 Å². The number of aliphatic hydroxyl groups is 1. The number of halogens is 1. The molecule has 18 heavy (non-hydrogen) atoms. The molecule has 0 saturated carbocycles. The van der Waals surface area contributed by atoms with Crippen LogP contribution in [0.2, 0.25) is 0 Å². The van der Waals surface area contributed by atoms with Crippen molar-refractivity contribution in [2.75, 3.05) is 6.61 Å². The first-order valence-electron chi connectivity index (χ1n) is 5.73. The Balaban J connectivity index is 3.01. The first-order chi connectivity index (χ1) is 8.23. The van der Waals surface area contributed by atoms with E-state index in [9.17, 15) is 19.1 Å². The molecule has 0 radical (unpaired) electrons. The van der Waals surface area contributed by atoms with Gasteiger partial charge in [0.05, 0.1) is 6.04 Å². The van der Waals surface area contributed by atoms with Crippen LogP contribution in [-0.2, 0) is 9.53 Å². The number of rotatable bonds is 4. The zero-order valence-corrected chi connectivity index (χ0v) is 10.7. The molecule has 1 N–H and O–H groups in total. The lowest BCUT2D eigenvalue weighted by Crippen LogP contribution is -2.54. The van der Waals surface area contributed by atoms with Gasteiger partial charge in [-0.15, -0.1) is 6.58 Å². The number of hydrogen-bond acceptors (Lipinski definition) is 4. The van der Waals surface area contributed by atoms with E-state index < -0.39 is 29.8 Å². The van der Waals surface area contributed by atoms with Crippen LogP contribution >= 0.6 is 0 Å². The molecule has 102 valence electrons. The van der Waals surface area contributed by atoms with Crippen LogP contribution < -0.4 is 0 Å². The molecule has 1 heterocycles. The molecular formula is C12H18FNO4. The number of aliphatic hydroxyl groups excluding tert-OH is 1. The van der Waals surface area contributed by atoms with E-state index >= 15 is 0 Å². The maximum Gasteiger partial charge on any atom is 0.417 e. The average Bonchev–Trinajstić information content (AvgIpc) is 2.68.